The van der Waals surface area contributed by atoms with E-state index >= 15 is 0 Å². The third-order valence-corrected chi connectivity index (χ3v) is 3.15. The molecule has 1 aromatic heterocycles. The summed E-state index contributed by atoms with van der Waals surface area (Å²) < 4.78 is 1.57. The highest BCUT2D eigenvalue weighted by atomic mass is 16.4. The predicted octanol–water partition coefficient (Wildman–Crippen LogP) is 2.38. The van der Waals surface area contributed by atoms with Crippen LogP contribution in [0.4, 0.5) is 0 Å². The number of hydrogen-bond acceptors (Lipinski definition) is 2. The number of hydrogen-bond donors (Lipinski definition) is 1. The van der Waals surface area contributed by atoms with Crippen molar-refractivity contribution in [3.8, 4) is 0 Å². The normalized spacial score (nSPS) is 11.7. The summed E-state index contributed by atoms with van der Waals surface area (Å²) in [7, 11) is 0. The molecule has 0 amide bonds. The van der Waals surface area contributed by atoms with E-state index < -0.39 is 5.97 Å². The van der Waals surface area contributed by atoms with Gasteiger partial charge in [-0.15, -0.1) is 0 Å². The highest BCUT2D eigenvalue weighted by Crippen LogP contribution is 2.24. The van der Waals surface area contributed by atoms with Crippen molar-refractivity contribution in [1.82, 2.24) is 4.57 Å². The fourth-order valence-corrected chi connectivity index (χ4v) is 2.06. The molecule has 4 nitrogen and oxygen atoms in total. The Labute approximate surface area is 111 Å². The number of pyridine rings is 1. The molecule has 0 radical (unpaired) electrons. The van der Waals surface area contributed by atoms with Crippen LogP contribution in [0.5, 0.6) is 0 Å². The molecule has 19 heavy (non-hydrogen) atoms. The Hall–Kier alpha value is -2.10. The molecule has 0 saturated carbocycles. The summed E-state index contributed by atoms with van der Waals surface area (Å²) in [5, 5.41) is 9.45. The van der Waals surface area contributed by atoms with Crippen LogP contribution in [-0.2, 0) is 16.8 Å². The van der Waals surface area contributed by atoms with E-state index in [0.717, 1.165) is 5.56 Å². The van der Waals surface area contributed by atoms with Crippen LogP contribution in [0.2, 0.25) is 0 Å². The van der Waals surface area contributed by atoms with E-state index in [-0.39, 0.29) is 17.4 Å². The van der Waals surface area contributed by atoms with Gasteiger partial charge in [0.1, 0.15) is 6.54 Å². The second-order valence-electron chi connectivity index (χ2n) is 5.68. The van der Waals surface area contributed by atoms with E-state index in [0.29, 0.717) is 10.9 Å². The smallest absolute Gasteiger partial charge is 0.323 e. The third-order valence-electron chi connectivity index (χ3n) is 3.15. The minimum atomic E-state index is -0.926. The molecule has 1 heterocycles. The lowest BCUT2D eigenvalue weighted by molar-refractivity contribution is -0.137. The van der Waals surface area contributed by atoms with Crippen LogP contribution < -0.4 is 5.43 Å². The molecule has 0 fully saturated rings. The number of rotatable bonds is 2. The van der Waals surface area contributed by atoms with Gasteiger partial charge in [0.25, 0.3) is 0 Å². The minimum Gasteiger partial charge on any atom is -0.480 e. The molecule has 2 rings (SSSR count). The fraction of sp³-hybridized carbons (Fsp3) is 0.333. The van der Waals surface area contributed by atoms with E-state index in [9.17, 15) is 9.59 Å². The number of nitrogens with zero attached hydrogens (tertiary/aromatic N) is 1. The molecule has 0 spiro atoms. The molecule has 2 aromatic rings. The summed E-state index contributed by atoms with van der Waals surface area (Å²) in [6.07, 6.45) is 1.52. The molecular weight excluding hydrogens is 242 g/mol. The zero-order valence-electron chi connectivity index (χ0n) is 11.3. The van der Waals surface area contributed by atoms with Gasteiger partial charge in [-0.2, -0.15) is 0 Å². The molecule has 0 aliphatic rings. The zero-order chi connectivity index (χ0) is 14.2. The summed E-state index contributed by atoms with van der Waals surface area (Å²) in [6, 6.07) is 7.04. The fourth-order valence-electron chi connectivity index (χ4n) is 2.06. The number of carboxylic acids is 1. The lowest BCUT2D eigenvalue weighted by atomic mass is 9.86. The van der Waals surface area contributed by atoms with Crippen molar-refractivity contribution in [3.63, 3.8) is 0 Å². The standard InChI is InChI=1S/C15H17NO3/c1-15(2,3)10-4-5-12-11(8-10)13(17)6-7-16(12)9-14(18)19/h4-8H,9H2,1-3H3,(H,18,19). The first kappa shape index (κ1) is 13.3. The molecule has 0 saturated heterocycles. The highest BCUT2D eigenvalue weighted by molar-refractivity contribution is 5.81. The van der Waals surface area contributed by atoms with Crippen molar-refractivity contribution in [2.75, 3.05) is 0 Å². The van der Waals surface area contributed by atoms with Gasteiger partial charge in [0.05, 0.1) is 5.52 Å². The number of benzene rings is 1. The first-order chi connectivity index (χ1) is 8.79. The monoisotopic (exact) mass is 259 g/mol. The lowest BCUT2D eigenvalue weighted by Crippen LogP contribution is -2.16. The molecular formula is C15H17NO3. The molecule has 0 unspecified atom stereocenters. The first-order valence-electron chi connectivity index (χ1n) is 6.14. The SMILES string of the molecule is CC(C)(C)c1ccc2c(c1)c(=O)ccn2CC(=O)O. The Balaban J connectivity index is 2.70. The van der Waals surface area contributed by atoms with Gasteiger partial charge in [-0.25, -0.2) is 0 Å². The highest BCUT2D eigenvalue weighted by Gasteiger charge is 2.15. The zero-order valence-corrected chi connectivity index (χ0v) is 11.3. The van der Waals surface area contributed by atoms with E-state index in [4.69, 9.17) is 5.11 Å². The Morgan fingerprint density at radius 3 is 2.53 bits per heavy atom. The maximum absolute atomic E-state index is 11.9. The average molecular weight is 259 g/mol. The molecule has 0 aliphatic carbocycles. The van der Waals surface area contributed by atoms with Crippen LogP contribution in [0, 0.1) is 0 Å². The van der Waals surface area contributed by atoms with Crippen molar-refractivity contribution in [1.29, 1.82) is 0 Å². The number of aromatic nitrogens is 1. The van der Waals surface area contributed by atoms with Crippen LogP contribution in [-0.4, -0.2) is 15.6 Å². The van der Waals surface area contributed by atoms with Crippen LogP contribution >= 0.6 is 0 Å². The number of fused-ring (bicyclic) bond motifs is 1. The third kappa shape index (κ3) is 2.67. The van der Waals surface area contributed by atoms with Crippen molar-refractivity contribution in [2.45, 2.75) is 32.7 Å². The Morgan fingerprint density at radius 2 is 1.95 bits per heavy atom. The summed E-state index contributed by atoms with van der Waals surface area (Å²) >= 11 is 0. The second kappa shape index (κ2) is 4.53. The Morgan fingerprint density at radius 1 is 1.26 bits per heavy atom. The van der Waals surface area contributed by atoms with Crippen LogP contribution in [0.25, 0.3) is 10.9 Å². The van der Waals surface area contributed by atoms with Crippen LogP contribution in [0.1, 0.15) is 26.3 Å². The Kier molecular flexibility index (Phi) is 3.18. The lowest BCUT2D eigenvalue weighted by Gasteiger charge is -2.20. The number of carboxylic acid groups (broad SMARTS) is 1. The number of carbonyl (C=O) groups is 1. The van der Waals surface area contributed by atoms with Gasteiger partial charge in [-0.3, -0.25) is 9.59 Å². The summed E-state index contributed by atoms with van der Waals surface area (Å²) in [5.41, 5.74) is 1.59. The van der Waals surface area contributed by atoms with Gasteiger partial charge in [0.15, 0.2) is 5.43 Å². The number of aliphatic carboxylic acids is 1. The van der Waals surface area contributed by atoms with Crippen molar-refractivity contribution < 1.29 is 9.90 Å². The van der Waals surface area contributed by atoms with E-state index in [1.54, 1.807) is 4.57 Å². The second-order valence-corrected chi connectivity index (χ2v) is 5.68. The van der Waals surface area contributed by atoms with Crippen molar-refractivity contribution in [2.24, 2.45) is 0 Å². The maximum atomic E-state index is 11.9. The molecule has 0 atom stereocenters. The van der Waals surface area contributed by atoms with Crippen LogP contribution in [0.15, 0.2) is 35.3 Å². The molecule has 100 valence electrons. The summed E-state index contributed by atoms with van der Waals surface area (Å²) in [5.74, 6) is -0.926. The van der Waals surface area contributed by atoms with E-state index in [1.165, 1.54) is 12.3 Å². The molecule has 1 aromatic carbocycles. The largest absolute Gasteiger partial charge is 0.480 e. The summed E-state index contributed by atoms with van der Waals surface area (Å²) in [4.78, 5) is 22.8. The maximum Gasteiger partial charge on any atom is 0.323 e. The molecule has 4 heteroatoms. The van der Waals surface area contributed by atoms with Gasteiger partial charge < -0.3 is 9.67 Å². The Bertz CT molecular complexity index is 693. The molecule has 0 bridgehead atoms. The van der Waals surface area contributed by atoms with Gasteiger partial charge in [0.2, 0.25) is 0 Å². The summed E-state index contributed by atoms with van der Waals surface area (Å²) in [6.45, 7) is 6.08. The first-order valence-corrected chi connectivity index (χ1v) is 6.14. The van der Waals surface area contributed by atoms with E-state index in [1.807, 2.05) is 18.2 Å². The minimum absolute atomic E-state index is 0.0475. The van der Waals surface area contributed by atoms with Crippen molar-refractivity contribution >= 4 is 16.9 Å². The van der Waals surface area contributed by atoms with Gasteiger partial charge >= 0.3 is 5.97 Å². The van der Waals surface area contributed by atoms with E-state index in [2.05, 4.69) is 20.8 Å². The van der Waals surface area contributed by atoms with Gasteiger partial charge in [0, 0.05) is 17.6 Å². The van der Waals surface area contributed by atoms with Gasteiger partial charge in [-0.1, -0.05) is 26.8 Å². The quantitative estimate of drug-likeness (QED) is 0.900. The topological polar surface area (TPSA) is 59.3 Å². The van der Waals surface area contributed by atoms with Crippen LogP contribution in [0.3, 0.4) is 0 Å². The molecule has 0 aliphatic heterocycles. The predicted molar refractivity (Wildman–Crippen MR) is 74.5 cm³/mol. The van der Waals surface area contributed by atoms with Gasteiger partial charge in [-0.05, 0) is 23.1 Å². The van der Waals surface area contributed by atoms with Crippen molar-refractivity contribution in [3.05, 3.63) is 46.2 Å². The average Bonchev–Trinajstić information content (AvgIpc) is 2.31. The molecule has 1 N–H and O–H groups in total.